The summed E-state index contributed by atoms with van der Waals surface area (Å²) in [5.41, 5.74) is 1.93. The van der Waals surface area contributed by atoms with E-state index in [1.54, 1.807) is 0 Å². The van der Waals surface area contributed by atoms with Crippen molar-refractivity contribution in [3.05, 3.63) is 82.4 Å². The van der Waals surface area contributed by atoms with Gasteiger partial charge in [0.2, 0.25) is 11.8 Å². The van der Waals surface area contributed by atoms with E-state index in [-0.39, 0.29) is 22.5 Å². The molecule has 3 aliphatic rings. The van der Waals surface area contributed by atoms with Crippen LogP contribution in [0, 0.1) is 23.7 Å². The molecule has 5 rings (SSSR count). The molecule has 1 heterocycles. The van der Waals surface area contributed by atoms with Crippen molar-refractivity contribution in [1.29, 1.82) is 0 Å². The predicted molar refractivity (Wildman–Crippen MR) is 111 cm³/mol. The second-order valence-electron chi connectivity index (χ2n) is 8.11. The average molecular weight is 444 g/mol. The maximum atomic E-state index is 13.3. The third-order valence-electron chi connectivity index (χ3n) is 6.57. The molecule has 7 heteroatoms. The Morgan fingerprint density at radius 1 is 0.935 bits per heavy atom. The van der Waals surface area contributed by atoms with E-state index in [2.05, 4.69) is 0 Å². The van der Waals surface area contributed by atoms with Gasteiger partial charge in [0.05, 0.1) is 28.1 Å². The van der Waals surface area contributed by atoms with Gasteiger partial charge in [0.1, 0.15) is 0 Å². The van der Waals surface area contributed by atoms with Crippen molar-refractivity contribution >= 4 is 34.7 Å². The van der Waals surface area contributed by atoms with Crippen LogP contribution in [0.4, 0.5) is 18.9 Å². The van der Waals surface area contributed by atoms with Gasteiger partial charge in [0.15, 0.2) is 0 Å². The molecule has 31 heavy (non-hydrogen) atoms. The molecule has 0 radical (unpaired) electrons. The van der Waals surface area contributed by atoms with Crippen LogP contribution in [0.1, 0.15) is 18.1 Å². The molecule has 2 aromatic carbocycles. The van der Waals surface area contributed by atoms with Crippen LogP contribution in [-0.4, -0.2) is 11.8 Å². The van der Waals surface area contributed by atoms with Crippen LogP contribution in [-0.2, 0) is 15.8 Å². The highest BCUT2D eigenvalue weighted by atomic mass is 35.5. The topological polar surface area (TPSA) is 37.4 Å². The first-order chi connectivity index (χ1) is 14.7. The quantitative estimate of drug-likeness (QED) is 0.437. The van der Waals surface area contributed by atoms with E-state index in [0.29, 0.717) is 0 Å². The largest absolute Gasteiger partial charge is 0.416 e. The number of hydrogen-bond donors (Lipinski definition) is 0. The Morgan fingerprint density at radius 2 is 1.52 bits per heavy atom. The predicted octanol–water partition coefficient (Wildman–Crippen LogP) is 5.75. The highest BCUT2D eigenvalue weighted by molar-refractivity contribution is 6.36. The summed E-state index contributed by atoms with van der Waals surface area (Å²) in [6, 6.07) is 12.4. The number of carbonyl (C=O) groups is 2. The lowest BCUT2D eigenvalue weighted by atomic mass is 9.85. The van der Waals surface area contributed by atoms with Crippen molar-refractivity contribution in [3.63, 3.8) is 0 Å². The van der Waals surface area contributed by atoms with E-state index in [1.165, 1.54) is 0 Å². The van der Waals surface area contributed by atoms with E-state index in [4.69, 9.17) is 11.6 Å². The van der Waals surface area contributed by atoms with Crippen LogP contribution < -0.4 is 4.90 Å². The lowest BCUT2D eigenvalue weighted by molar-refractivity contribution is -0.137. The van der Waals surface area contributed by atoms with Gasteiger partial charge in [-0.1, -0.05) is 59.7 Å². The molecule has 2 aromatic rings. The van der Waals surface area contributed by atoms with E-state index in [1.807, 2.05) is 49.4 Å². The number of allylic oxidation sites excluding steroid dienone is 4. The van der Waals surface area contributed by atoms with Crippen molar-refractivity contribution < 1.29 is 22.8 Å². The summed E-state index contributed by atoms with van der Waals surface area (Å²) in [6.07, 6.45) is -0.726. The molecule has 158 valence electrons. The molecular weight excluding hydrogens is 427 g/mol. The average Bonchev–Trinajstić information content (AvgIpc) is 3.37. The molecular formula is C24H17ClF3NO2. The minimum Gasteiger partial charge on any atom is -0.274 e. The fraction of sp³-hybridized carbons (Fsp3) is 0.250. The summed E-state index contributed by atoms with van der Waals surface area (Å²) >= 11 is 6.12. The van der Waals surface area contributed by atoms with Gasteiger partial charge in [0.25, 0.3) is 0 Å². The van der Waals surface area contributed by atoms with E-state index in [9.17, 15) is 22.8 Å². The standard InChI is InChI=1S/C24H17ClF3NO2/c1-12(13-5-3-2-4-6-13)19-15-8-9-16(19)21-20(15)22(30)29(23(21)31)18-11-14(24(26,27)28)7-10-17(18)25/h2-11,15-16,20-21H,1H3/t15-,16-,20-,21+/m1/s1. The van der Waals surface area contributed by atoms with Crippen molar-refractivity contribution in [2.45, 2.75) is 13.1 Å². The summed E-state index contributed by atoms with van der Waals surface area (Å²) in [5, 5.41) is -0.0637. The van der Waals surface area contributed by atoms with Gasteiger partial charge in [-0.05, 0) is 36.3 Å². The summed E-state index contributed by atoms with van der Waals surface area (Å²) in [4.78, 5) is 27.5. The van der Waals surface area contributed by atoms with Crippen molar-refractivity contribution in [1.82, 2.24) is 0 Å². The van der Waals surface area contributed by atoms with E-state index in [0.717, 1.165) is 39.8 Å². The van der Waals surface area contributed by atoms with Gasteiger partial charge in [-0.15, -0.1) is 0 Å². The van der Waals surface area contributed by atoms with E-state index < -0.39 is 35.4 Å². The number of fused-ring (bicyclic) bond motifs is 5. The molecule has 3 nitrogen and oxygen atoms in total. The Kier molecular flexibility index (Phi) is 4.42. The first kappa shape index (κ1) is 20.1. The number of halogens is 4. The smallest absolute Gasteiger partial charge is 0.274 e. The number of nitrogens with zero attached hydrogens (tertiary/aromatic N) is 1. The minimum absolute atomic E-state index is 0.0637. The minimum atomic E-state index is -4.61. The summed E-state index contributed by atoms with van der Waals surface area (Å²) < 4.78 is 39.6. The summed E-state index contributed by atoms with van der Waals surface area (Å²) in [5.74, 6) is -2.73. The highest BCUT2D eigenvalue weighted by Gasteiger charge is 2.62. The number of carbonyl (C=O) groups excluding carboxylic acids is 2. The fourth-order valence-electron chi connectivity index (χ4n) is 5.22. The fourth-order valence-corrected chi connectivity index (χ4v) is 5.42. The number of benzene rings is 2. The maximum absolute atomic E-state index is 13.3. The monoisotopic (exact) mass is 443 g/mol. The van der Waals surface area contributed by atoms with Gasteiger partial charge >= 0.3 is 6.18 Å². The third-order valence-corrected chi connectivity index (χ3v) is 6.89. The van der Waals surface area contributed by atoms with Gasteiger partial charge in [-0.2, -0.15) is 13.2 Å². The molecule has 0 aromatic heterocycles. The molecule has 2 aliphatic carbocycles. The highest BCUT2D eigenvalue weighted by Crippen LogP contribution is 2.58. The number of rotatable bonds is 2. The van der Waals surface area contributed by atoms with Crippen LogP contribution in [0.2, 0.25) is 5.02 Å². The lowest BCUT2D eigenvalue weighted by Crippen LogP contribution is -2.33. The normalized spacial score (nSPS) is 28.5. The third kappa shape index (κ3) is 2.88. The molecule has 1 saturated heterocycles. The molecule has 0 spiro atoms. The van der Waals surface area contributed by atoms with Crippen molar-refractivity contribution in [2.24, 2.45) is 23.7 Å². The molecule has 2 fully saturated rings. The van der Waals surface area contributed by atoms with E-state index >= 15 is 0 Å². The number of imide groups is 1. The lowest BCUT2D eigenvalue weighted by Gasteiger charge is -2.22. The molecule has 4 atom stereocenters. The van der Waals surface area contributed by atoms with Gasteiger partial charge in [-0.3, -0.25) is 9.59 Å². The van der Waals surface area contributed by atoms with Crippen LogP contribution in [0.25, 0.3) is 5.57 Å². The second kappa shape index (κ2) is 6.82. The maximum Gasteiger partial charge on any atom is 0.416 e. The zero-order chi connectivity index (χ0) is 22.1. The zero-order valence-corrected chi connectivity index (χ0v) is 17.1. The Hall–Kier alpha value is -2.86. The van der Waals surface area contributed by atoms with Gasteiger partial charge in [-0.25, -0.2) is 4.90 Å². The summed E-state index contributed by atoms with van der Waals surface area (Å²) in [6.45, 7) is 1.98. The van der Waals surface area contributed by atoms with Gasteiger partial charge in [0, 0.05) is 11.8 Å². The Balaban J connectivity index is 1.56. The van der Waals surface area contributed by atoms with Crippen molar-refractivity contribution in [3.8, 4) is 0 Å². The first-order valence-corrected chi connectivity index (χ1v) is 10.3. The number of alkyl halides is 3. The molecule has 1 aliphatic heterocycles. The van der Waals surface area contributed by atoms with Crippen LogP contribution in [0.5, 0.6) is 0 Å². The summed E-state index contributed by atoms with van der Waals surface area (Å²) in [7, 11) is 0. The van der Waals surface area contributed by atoms with Gasteiger partial charge < -0.3 is 0 Å². The molecule has 0 unspecified atom stereocenters. The Bertz CT molecular complexity index is 1140. The molecule has 2 bridgehead atoms. The zero-order valence-electron chi connectivity index (χ0n) is 16.4. The SMILES string of the molecule is CC(=C1[C@H]2C=C[C@H]1[C@H]1C(=O)N(c3cc(C(F)(F)F)ccc3Cl)C(=O)[C@H]12)c1ccccc1. The second-order valence-corrected chi connectivity index (χ2v) is 8.52. The molecule has 2 amide bonds. The Morgan fingerprint density at radius 3 is 2.06 bits per heavy atom. The van der Waals surface area contributed by atoms with Crippen molar-refractivity contribution in [2.75, 3.05) is 4.90 Å². The van der Waals surface area contributed by atoms with Crippen LogP contribution in [0.3, 0.4) is 0 Å². The molecule has 0 N–H and O–H groups in total. The molecule has 1 saturated carbocycles. The Labute approximate surface area is 181 Å². The number of amides is 2. The number of hydrogen-bond acceptors (Lipinski definition) is 2. The first-order valence-electron chi connectivity index (χ1n) is 9.89. The van der Waals surface area contributed by atoms with Crippen LogP contribution >= 0.6 is 11.6 Å². The van der Waals surface area contributed by atoms with Crippen LogP contribution in [0.15, 0.2) is 66.3 Å². The number of anilines is 1.